The maximum Gasteiger partial charge on any atom is 0.311 e. The number of amides is 2. The first kappa shape index (κ1) is 20.9. The Hall–Kier alpha value is -2.80. The van der Waals surface area contributed by atoms with Gasteiger partial charge in [0.25, 0.3) is 5.91 Å². The van der Waals surface area contributed by atoms with Gasteiger partial charge in [0.2, 0.25) is 5.91 Å². The number of nitrogens with zero attached hydrogens (tertiary/aromatic N) is 1. The molecule has 0 aliphatic carbocycles. The van der Waals surface area contributed by atoms with Crippen LogP contribution in [0.2, 0.25) is 0 Å². The van der Waals surface area contributed by atoms with E-state index in [9.17, 15) is 14.4 Å². The van der Waals surface area contributed by atoms with Gasteiger partial charge in [-0.25, -0.2) is 0 Å². The first-order chi connectivity index (χ1) is 14.0. The predicted octanol–water partition coefficient (Wildman–Crippen LogP) is 2.93. The van der Waals surface area contributed by atoms with Gasteiger partial charge in [0.15, 0.2) is 6.61 Å². The van der Waals surface area contributed by atoms with Crippen molar-refractivity contribution in [3.63, 3.8) is 0 Å². The van der Waals surface area contributed by atoms with Crippen molar-refractivity contribution in [1.29, 1.82) is 0 Å². The Bertz CT molecular complexity index is 915. The second-order valence-corrected chi connectivity index (χ2v) is 7.80. The van der Waals surface area contributed by atoms with Crippen LogP contribution in [0.4, 0.5) is 5.69 Å². The Morgan fingerprint density at radius 1 is 1.21 bits per heavy atom. The van der Waals surface area contributed by atoms with Crippen LogP contribution < -0.4 is 10.2 Å². The first-order valence-corrected chi connectivity index (χ1v) is 10.6. The van der Waals surface area contributed by atoms with Crippen LogP contribution in [-0.4, -0.2) is 37.2 Å². The summed E-state index contributed by atoms with van der Waals surface area (Å²) in [6, 6.07) is 15.4. The summed E-state index contributed by atoms with van der Waals surface area (Å²) in [4.78, 5) is 39.3. The molecular formula is C22H24N2O4S. The molecule has 2 aromatic rings. The number of hydrogen-bond acceptors (Lipinski definition) is 5. The predicted molar refractivity (Wildman–Crippen MR) is 113 cm³/mol. The molecule has 1 aliphatic rings. The van der Waals surface area contributed by atoms with Gasteiger partial charge in [-0.2, -0.15) is 0 Å². The molecule has 0 spiro atoms. The van der Waals surface area contributed by atoms with E-state index >= 15 is 0 Å². The summed E-state index contributed by atoms with van der Waals surface area (Å²) < 4.78 is 5.15. The summed E-state index contributed by atoms with van der Waals surface area (Å²) >= 11 is 1.59. The second kappa shape index (κ2) is 9.60. The van der Waals surface area contributed by atoms with Crippen LogP contribution in [0.3, 0.4) is 0 Å². The van der Waals surface area contributed by atoms with Crippen LogP contribution in [0, 0.1) is 12.8 Å². The highest BCUT2D eigenvalue weighted by atomic mass is 32.2. The molecule has 1 fully saturated rings. The third kappa shape index (κ3) is 5.38. The van der Waals surface area contributed by atoms with Crippen molar-refractivity contribution in [1.82, 2.24) is 5.32 Å². The lowest BCUT2D eigenvalue weighted by Gasteiger charge is -2.17. The number of ether oxygens (including phenoxy) is 1. The van der Waals surface area contributed by atoms with Gasteiger partial charge >= 0.3 is 5.97 Å². The maximum atomic E-state index is 12.4. The molecule has 7 heteroatoms. The lowest BCUT2D eigenvalue weighted by molar-refractivity contribution is -0.152. The molecule has 1 heterocycles. The van der Waals surface area contributed by atoms with Crippen LogP contribution in [0.25, 0.3) is 0 Å². The normalized spacial score (nSPS) is 16.0. The lowest BCUT2D eigenvalue weighted by Crippen LogP contribution is -2.31. The molecule has 1 N–H and O–H groups in total. The highest BCUT2D eigenvalue weighted by Crippen LogP contribution is 2.28. The van der Waals surface area contributed by atoms with E-state index < -0.39 is 11.9 Å². The summed E-state index contributed by atoms with van der Waals surface area (Å²) in [6.45, 7) is 2.27. The molecule has 1 saturated heterocycles. The van der Waals surface area contributed by atoms with Crippen molar-refractivity contribution in [3.05, 3.63) is 59.7 Å². The van der Waals surface area contributed by atoms with Gasteiger partial charge in [-0.15, -0.1) is 11.8 Å². The van der Waals surface area contributed by atoms with Crippen molar-refractivity contribution >= 4 is 35.2 Å². The molecule has 0 bridgehead atoms. The smallest absolute Gasteiger partial charge is 0.311 e. The van der Waals surface area contributed by atoms with Crippen LogP contribution in [0.1, 0.15) is 17.5 Å². The maximum absolute atomic E-state index is 12.4. The van der Waals surface area contributed by atoms with Crippen LogP contribution in [-0.2, 0) is 25.7 Å². The number of hydrogen-bond donors (Lipinski definition) is 1. The molecule has 2 aromatic carbocycles. The van der Waals surface area contributed by atoms with Gasteiger partial charge in [0.1, 0.15) is 0 Å². The fourth-order valence-electron chi connectivity index (χ4n) is 3.20. The summed E-state index contributed by atoms with van der Waals surface area (Å²) in [5.41, 5.74) is 2.87. The fourth-order valence-corrected chi connectivity index (χ4v) is 3.65. The van der Waals surface area contributed by atoms with Crippen LogP contribution in [0.15, 0.2) is 53.4 Å². The number of benzene rings is 2. The Balaban J connectivity index is 1.49. The van der Waals surface area contributed by atoms with Gasteiger partial charge < -0.3 is 15.0 Å². The van der Waals surface area contributed by atoms with Gasteiger partial charge in [-0.1, -0.05) is 30.3 Å². The molecular weight excluding hydrogens is 388 g/mol. The number of anilines is 1. The SMILES string of the molecule is CSc1cccc(N2C[C@H](C(=O)OCC(=O)NCc3ccccc3C)CC2=O)c1. The lowest BCUT2D eigenvalue weighted by atomic mass is 10.1. The van der Waals surface area contributed by atoms with Crippen molar-refractivity contribution < 1.29 is 19.1 Å². The van der Waals surface area contributed by atoms with Crippen molar-refractivity contribution in [2.75, 3.05) is 24.3 Å². The molecule has 0 saturated carbocycles. The monoisotopic (exact) mass is 412 g/mol. The standard InChI is InChI=1S/C22H24N2O4S/c1-15-6-3-4-7-16(15)12-23-20(25)14-28-22(27)17-10-21(26)24(13-17)18-8-5-9-19(11-18)29-2/h3-9,11,17H,10,12-14H2,1-2H3,(H,23,25)/t17-/m1/s1. The Morgan fingerprint density at radius 3 is 2.76 bits per heavy atom. The van der Waals surface area contributed by atoms with E-state index in [1.807, 2.05) is 61.7 Å². The second-order valence-electron chi connectivity index (χ2n) is 6.92. The van der Waals surface area contributed by atoms with E-state index in [2.05, 4.69) is 5.32 Å². The summed E-state index contributed by atoms with van der Waals surface area (Å²) in [5, 5.41) is 2.75. The minimum absolute atomic E-state index is 0.0904. The number of esters is 1. The largest absolute Gasteiger partial charge is 0.455 e. The molecule has 6 nitrogen and oxygen atoms in total. The van der Waals surface area contributed by atoms with E-state index in [1.165, 1.54) is 0 Å². The van der Waals surface area contributed by atoms with Crippen LogP contribution >= 0.6 is 11.8 Å². The molecule has 1 atom stereocenters. The number of nitrogens with one attached hydrogen (secondary N) is 1. The number of aryl methyl sites for hydroxylation is 1. The minimum Gasteiger partial charge on any atom is -0.455 e. The van der Waals surface area contributed by atoms with Crippen molar-refractivity contribution in [2.24, 2.45) is 5.92 Å². The topological polar surface area (TPSA) is 75.7 Å². The first-order valence-electron chi connectivity index (χ1n) is 9.40. The van der Waals surface area contributed by atoms with E-state index in [0.29, 0.717) is 6.54 Å². The average Bonchev–Trinajstić information content (AvgIpc) is 3.13. The Labute approximate surface area is 174 Å². The minimum atomic E-state index is -0.565. The highest BCUT2D eigenvalue weighted by molar-refractivity contribution is 7.98. The van der Waals surface area contributed by atoms with Crippen molar-refractivity contribution in [2.45, 2.75) is 24.8 Å². The molecule has 0 radical (unpaired) electrons. The van der Waals surface area contributed by atoms with Gasteiger partial charge in [-0.3, -0.25) is 14.4 Å². The van der Waals surface area contributed by atoms with Gasteiger partial charge in [0, 0.05) is 30.1 Å². The van der Waals surface area contributed by atoms with Crippen molar-refractivity contribution in [3.8, 4) is 0 Å². The number of carbonyl (C=O) groups is 3. The molecule has 1 aliphatic heterocycles. The summed E-state index contributed by atoms with van der Waals surface area (Å²) in [5.74, 6) is -1.57. The van der Waals surface area contributed by atoms with Gasteiger partial charge in [-0.05, 0) is 42.5 Å². The molecule has 152 valence electrons. The Morgan fingerprint density at radius 2 is 2.00 bits per heavy atom. The number of carbonyl (C=O) groups excluding carboxylic acids is 3. The quantitative estimate of drug-likeness (QED) is 0.559. The molecule has 29 heavy (non-hydrogen) atoms. The van der Waals surface area contributed by atoms with Crippen LogP contribution in [0.5, 0.6) is 0 Å². The summed E-state index contributed by atoms with van der Waals surface area (Å²) in [6.07, 6.45) is 2.06. The zero-order valence-electron chi connectivity index (χ0n) is 16.5. The number of thioether (sulfide) groups is 1. The molecule has 2 amide bonds. The summed E-state index contributed by atoms with van der Waals surface area (Å²) in [7, 11) is 0. The average molecular weight is 413 g/mol. The molecule has 0 unspecified atom stereocenters. The van der Waals surface area contributed by atoms with E-state index in [4.69, 9.17) is 4.74 Å². The highest BCUT2D eigenvalue weighted by Gasteiger charge is 2.36. The van der Waals surface area contributed by atoms with E-state index in [0.717, 1.165) is 21.7 Å². The van der Waals surface area contributed by atoms with E-state index in [-0.39, 0.29) is 31.4 Å². The zero-order valence-corrected chi connectivity index (χ0v) is 17.3. The Kier molecular flexibility index (Phi) is 6.93. The third-order valence-electron chi connectivity index (χ3n) is 4.91. The molecule has 0 aromatic heterocycles. The fraction of sp³-hybridized carbons (Fsp3) is 0.318. The van der Waals surface area contributed by atoms with E-state index in [1.54, 1.807) is 16.7 Å². The number of rotatable bonds is 7. The third-order valence-corrected chi connectivity index (χ3v) is 5.63. The van der Waals surface area contributed by atoms with Gasteiger partial charge in [0.05, 0.1) is 5.92 Å². The molecule has 3 rings (SSSR count). The zero-order chi connectivity index (χ0) is 20.8.